The molecule has 11 heteroatoms. The monoisotopic (exact) mass is 456 g/mol. The van der Waals surface area contributed by atoms with Gasteiger partial charge in [-0.1, -0.05) is 35.5 Å². The summed E-state index contributed by atoms with van der Waals surface area (Å²) in [5.41, 5.74) is 3.27. The fourth-order valence-electron chi connectivity index (χ4n) is 3.45. The quantitative estimate of drug-likeness (QED) is 0.433. The lowest BCUT2D eigenvalue weighted by Gasteiger charge is -2.27. The molecule has 1 N–H and O–H groups in total. The van der Waals surface area contributed by atoms with Crippen LogP contribution in [0.4, 0.5) is 13.2 Å². The highest BCUT2D eigenvalue weighted by atomic mass is 19.3. The number of nitrogens with zero attached hydrogens (tertiary/aromatic N) is 5. The Bertz CT molecular complexity index is 1250. The van der Waals surface area contributed by atoms with Crippen molar-refractivity contribution in [2.75, 3.05) is 13.2 Å². The van der Waals surface area contributed by atoms with E-state index in [1.807, 2.05) is 24.3 Å². The molecule has 0 spiro atoms. The molecule has 5 rings (SSSR count). The first-order valence-electron chi connectivity index (χ1n) is 10.3. The third-order valence-corrected chi connectivity index (χ3v) is 5.31. The standard InChI is InChI=1S/C22H19F3N6O2/c23-18-7-13(21-28-29-22(33-21)20(24)25)5-6-15(18)9-31-10-19(27-30-31)17-4-2-1-3-14(17)8-26-16-11-32-12-16/h1-7,10,16,20,26H,8-9,11-12H2. The normalized spacial score (nSPS) is 14.1. The Hall–Kier alpha value is -3.57. The number of ether oxygens (including phenoxy) is 1. The molecule has 8 nitrogen and oxygen atoms in total. The number of aromatic nitrogens is 5. The molecule has 4 aromatic rings. The Kier molecular flexibility index (Phi) is 5.88. The van der Waals surface area contributed by atoms with Crippen LogP contribution in [0, 0.1) is 5.82 Å². The largest absolute Gasteiger partial charge is 0.415 e. The van der Waals surface area contributed by atoms with Gasteiger partial charge in [0, 0.05) is 23.2 Å². The molecule has 0 radical (unpaired) electrons. The predicted molar refractivity (Wildman–Crippen MR) is 111 cm³/mol. The van der Waals surface area contributed by atoms with E-state index in [1.165, 1.54) is 18.2 Å². The second-order valence-electron chi connectivity index (χ2n) is 7.63. The summed E-state index contributed by atoms with van der Waals surface area (Å²) < 4.78 is 51.6. The van der Waals surface area contributed by atoms with Crippen LogP contribution in [0.1, 0.15) is 23.4 Å². The van der Waals surface area contributed by atoms with Gasteiger partial charge in [0.25, 0.3) is 5.89 Å². The van der Waals surface area contributed by atoms with Crippen molar-refractivity contribution < 1.29 is 22.3 Å². The molecule has 1 fully saturated rings. The summed E-state index contributed by atoms with van der Waals surface area (Å²) in [4.78, 5) is 0. The third kappa shape index (κ3) is 4.64. The van der Waals surface area contributed by atoms with E-state index in [4.69, 9.17) is 9.15 Å². The van der Waals surface area contributed by atoms with Crippen molar-refractivity contribution in [3.8, 4) is 22.7 Å². The SMILES string of the molecule is Fc1cc(-c2nnc(C(F)F)o2)ccc1Cn1cc(-c2ccccc2CNC2COC2)nn1. The zero-order chi connectivity index (χ0) is 22.8. The molecule has 1 saturated heterocycles. The number of alkyl halides is 2. The summed E-state index contributed by atoms with van der Waals surface area (Å²) in [6.07, 6.45) is -1.13. The van der Waals surface area contributed by atoms with Gasteiger partial charge >= 0.3 is 6.43 Å². The van der Waals surface area contributed by atoms with Crippen molar-refractivity contribution in [1.29, 1.82) is 0 Å². The smallest absolute Gasteiger partial charge is 0.314 e. The van der Waals surface area contributed by atoms with Crippen LogP contribution < -0.4 is 5.32 Å². The van der Waals surface area contributed by atoms with E-state index in [1.54, 1.807) is 10.9 Å². The van der Waals surface area contributed by atoms with E-state index in [-0.39, 0.29) is 18.0 Å². The minimum atomic E-state index is -2.88. The number of benzene rings is 2. The van der Waals surface area contributed by atoms with Crippen molar-refractivity contribution in [3.05, 3.63) is 71.5 Å². The average Bonchev–Trinajstić information content (AvgIpc) is 3.45. The van der Waals surface area contributed by atoms with E-state index in [9.17, 15) is 13.2 Å². The van der Waals surface area contributed by atoms with Crippen molar-refractivity contribution >= 4 is 0 Å². The summed E-state index contributed by atoms with van der Waals surface area (Å²) in [5.74, 6) is -1.52. The minimum absolute atomic E-state index is 0.144. The Balaban J connectivity index is 1.31. The van der Waals surface area contributed by atoms with Crippen LogP contribution in [-0.4, -0.2) is 44.4 Å². The van der Waals surface area contributed by atoms with E-state index in [2.05, 4.69) is 25.8 Å². The van der Waals surface area contributed by atoms with E-state index in [0.717, 1.165) is 11.1 Å². The number of rotatable bonds is 8. The fraction of sp³-hybridized carbons (Fsp3) is 0.273. The lowest BCUT2D eigenvalue weighted by molar-refractivity contribution is -0.00576. The van der Waals surface area contributed by atoms with Gasteiger partial charge in [0.1, 0.15) is 11.5 Å². The second kappa shape index (κ2) is 9.12. The summed E-state index contributed by atoms with van der Waals surface area (Å²) in [6.45, 7) is 2.24. The molecule has 0 aliphatic carbocycles. The maximum absolute atomic E-state index is 14.7. The molecule has 2 aromatic heterocycles. The van der Waals surface area contributed by atoms with Crippen LogP contribution in [0.5, 0.6) is 0 Å². The maximum Gasteiger partial charge on any atom is 0.314 e. The Morgan fingerprint density at radius 2 is 1.91 bits per heavy atom. The number of hydrogen-bond donors (Lipinski definition) is 1. The van der Waals surface area contributed by atoms with E-state index < -0.39 is 18.1 Å². The molecule has 0 unspecified atom stereocenters. The van der Waals surface area contributed by atoms with Crippen LogP contribution in [0.25, 0.3) is 22.7 Å². The molecule has 33 heavy (non-hydrogen) atoms. The molecular formula is C22H19F3N6O2. The van der Waals surface area contributed by atoms with Gasteiger partial charge in [-0.15, -0.1) is 15.3 Å². The summed E-state index contributed by atoms with van der Waals surface area (Å²) in [7, 11) is 0. The first-order valence-corrected chi connectivity index (χ1v) is 10.3. The van der Waals surface area contributed by atoms with Gasteiger partial charge in [0.2, 0.25) is 5.89 Å². The molecule has 0 amide bonds. The van der Waals surface area contributed by atoms with Crippen molar-refractivity contribution in [3.63, 3.8) is 0 Å². The van der Waals surface area contributed by atoms with Crippen molar-refractivity contribution in [2.45, 2.75) is 25.6 Å². The van der Waals surface area contributed by atoms with Crippen LogP contribution >= 0.6 is 0 Å². The highest BCUT2D eigenvalue weighted by Gasteiger charge is 2.19. The molecule has 0 atom stereocenters. The predicted octanol–water partition coefficient (Wildman–Crippen LogP) is 3.61. The average molecular weight is 456 g/mol. The van der Waals surface area contributed by atoms with Crippen LogP contribution in [0.3, 0.4) is 0 Å². The second-order valence-corrected chi connectivity index (χ2v) is 7.63. The van der Waals surface area contributed by atoms with E-state index >= 15 is 0 Å². The summed E-state index contributed by atoms with van der Waals surface area (Å²) >= 11 is 0. The lowest BCUT2D eigenvalue weighted by atomic mass is 10.0. The Morgan fingerprint density at radius 1 is 1.06 bits per heavy atom. The van der Waals surface area contributed by atoms with Gasteiger partial charge in [-0.3, -0.25) is 0 Å². The summed E-state index contributed by atoms with van der Waals surface area (Å²) in [5, 5.41) is 18.6. The Labute approximate surface area is 186 Å². The number of hydrogen-bond acceptors (Lipinski definition) is 7. The van der Waals surface area contributed by atoms with Gasteiger partial charge in [-0.2, -0.15) is 8.78 Å². The summed E-state index contributed by atoms with van der Waals surface area (Å²) in [6, 6.07) is 12.5. The van der Waals surface area contributed by atoms with Crippen molar-refractivity contribution in [1.82, 2.24) is 30.5 Å². The van der Waals surface area contributed by atoms with Gasteiger partial charge in [0.15, 0.2) is 0 Å². The van der Waals surface area contributed by atoms with Crippen LogP contribution in [0.2, 0.25) is 0 Å². The zero-order valence-corrected chi connectivity index (χ0v) is 17.3. The van der Waals surface area contributed by atoms with E-state index in [0.29, 0.717) is 37.1 Å². The van der Waals surface area contributed by atoms with Gasteiger partial charge in [-0.05, 0) is 17.7 Å². The molecule has 3 heterocycles. The lowest BCUT2D eigenvalue weighted by Crippen LogP contribution is -2.45. The molecule has 1 aliphatic rings. The van der Waals surface area contributed by atoms with Crippen LogP contribution in [-0.2, 0) is 17.8 Å². The third-order valence-electron chi connectivity index (χ3n) is 5.31. The highest BCUT2D eigenvalue weighted by Crippen LogP contribution is 2.26. The number of nitrogens with one attached hydrogen (secondary N) is 1. The van der Waals surface area contributed by atoms with Crippen molar-refractivity contribution in [2.24, 2.45) is 0 Å². The van der Waals surface area contributed by atoms with Gasteiger partial charge in [0.05, 0.1) is 32.0 Å². The zero-order valence-electron chi connectivity index (χ0n) is 17.3. The molecule has 1 aliphatic heterocycles. The van der Waals surface area contributed by atoms with Gasteiger partial charge in [-0.25, -0.2) is 9.07 Å². The first-order chi connectivity index (χ1) is 16.1. The first kappa shape index (κ1) is 21.3. The number of halogens is 3. The maximum atomic E-state index is 14.7. The molecular weight excluding hydrogens is 437 g/mol. The molecule has 0 saturated carbocycles. The topological polar surface area (TPSA) is 90.9 Å². The molecule has 2 aromatic carbocycles. The minimum Gasteiger partial charge on any atom is -0.415 e. The molecule has 0 bridgehead atoms. The molecule has 170 valence electrons. The fourth-order valence-corrected chi connectivity index (χ4v) is 3.45. The van der Waals surface area contributed by atoms with Crippen LogP contribution in [0.15, 0.2) is 53.1 Å². The van der Waals surface area contributed by atoms with Gasteiger partial charge < -0.3 is 14.5 Å². The highest BCUT2D eigenvalue weighted by molar-refractivity contribution is 5.62. The Morgan fingerprint density at radius 3 is 2.64 bits per heavy atom.